The third-order valence-electron chi connectivity index (χ3n) is 1.95. The Bertz CT molecular complexity index is 413. The van der Waals surface area contributed by atoms with Gasteiger partial charge in [-0.15, -0.1) is 0 Å². The lowest BCUT2D eigenvalue weighted by Crippen LogP contribution is -1.96. The van der Waals surface area contributed by atoms with Gasteiger partial charge in [-0.1, -0.05) is 36.8 Å². The molecule has 0 unspecified atom stereocenters. The molecule has 2 nitrogen and oxygen atoms in total. The van der Waals surface area contributed by atoms with E-state index in [0.29, 0.717) is 0 Å². The van der Waals surface area contributed by atoms with Crippen molar-refractivity contribution in [3.63, 3.8) is 0 Å². The maximum absolute atomic E-state index is 11.2. The van der Waals surface area contributed by atoms with Crippen molar-refractivity contribution < 1.29 is 8.42 Å². The molecule has 0 amide bonds. The molecule has 0 atom stereocenters. The maximum Gasteiger partial charge on any atom is 0.171 e. The fourth-order valence-electron chi connectivity index (χ4n) is 0.956. The minimum atomic E-state index is -3.01. The lowest BCUT2D eigenvalue weighted by molar-refractivity contribution is 0.606. The van der Waals surface area contributed by atoms with Crippen LogP contribution in [0.1, 0.15) is 18.1 Å². The van der Waals surface area contributed by atoms with Gasteiger partial charge in [0, 0.05) is 5.41 Å². The van der Waals surface area contributed by atoms with E-state index in [1.54, 1.807) is 13.0 Å². The number of hydrogen-bond donors (Lipinski definition) is 0. The van der Waals surface area contributed by atoms with E-state index in [1.165, 1.54) is 11.0 Å². The van der Waals surface area contributed by atoms with Crippen molar-refractivity contribution >= 4 is 15.9 Å². The summed E-state index contributed by atoms with van der Waals surface area (Å²) in [5.41, 5.74) is 2.08. The SMILES string of the molecule is CCS(=O)(=O)/C=C/c1ccc(C)cc1. The van der Waals surface area contributed by atoms with Gasteiger partial charge in [0.25, 0.3) is 0 Å². The van der Waals surface area contributed by atoms with E-state index >= 15 is 0 Å². The fraction of sp³-hybridized carbons (Fsp3) is 0.273. The molecule has 0 fully saturated rings. The molecule has 0 N–H and O–H groups in total. The van der Waals surface area contributed by atoms with Crippen molar-refractivity contribution in [3.8, 4) is 0 Å². The topological polar surface area (TPSA) is 34.1 Å². The molecule has 0 aliphatic rings. The van der Waals surface area contributed by atoms with E-state index in [4.69, 9.17) is 0 Å². The summed E-state index contributed by atoms with van der Waals surface area (Å²) < 4.78 is 22.3. The number of hydrogen-bond acceptors (Lipinski definition) is 2. The molecule has 0 saturated carbocycles. The molecule has 0 bridgehead atoms. The normalized spacial score (nSPS) is 12.1. The Morgan fingerprint density at radius 1 is 1.21 bits per heavy atom. The van der Waals surface area contributed by atoms with Gasteiger partial charge in [0.1, 0.15) is 0 Å². The average molecular weight is 210 g/mol. The van der Waals surface area contributed by atoms with E-state index in [0.717, 1.165) is 5.56 Å². The summed E-state index contributed by atoms with van der Waals surface area (Å²) in [4.78, 5) is 0. The Hall–Kier alpha value is -1.09. The van der Waals surface area contributed by atoms with Crippen molar-refractivity contribution in [1.82, 2.24) is 0 Å². The number of sulfone groups is 1. The van der Waals surface area contributed by atoms with Crippen LogP contribution in [0.2, 0.25) is 0 Å². The standard InChI is InChI=1S/C11H14O2S/c1-3-14(12,13)9-8-11-6-4-10(2)5-7-11/h4-9H,3H2,1-2H3/b9-8+. The lowest BCUT2D eigenvalue weighted by atomic mass is 10.2. The van der Waals surface area contributed by atoms with Crippen LogP contribution in [0.15, 0.2) is 29.7 Å². The second-order valence-electron chi connectivity index (χ2n) is 3.16. The Labute approximate surface area is 85.2 Å². The summed E-state index contributed by atoms with van der Waals surface area (Å²) in [6.45, 7) is 3.63. The molecular formula is C11H14O2S. The molecule has 76 valence electrons. The zero-order chi connectivity index (χ0) is 10.6. The minimum absolute atomic E-state index is 0.148. The number of aryl methyl sites for hydroxylation is 1. The van der Waals surface area contributed by atoms with Crippen LogP contribution in [0, 0.1) is 6.92 Å². The second kappa shape index (κ2) is 4.42. The van der Waals surface area contributed by atoms with Crippen LogP contribution in [0.3, 0.4) is 0 Å². The highest BCUT2D eigenvalue weighted by Gasteiger charge is 1.99. The minimum Gasteiger partial charge on any atom is -0.224 e. The monoisotopic (exact) mass is 210 g/mol. The Morgan fingerprint density at radius 3 is 2.29 bits per heavy atom. The summed E-state index contributed by atoms with van der Waals surface area (Å²) >= 11 is 0. The molecule has 1 rings (SSSR count). The van der Waals surface area contributed by atoms with Gasteiger partial charge < -0.3 is 0 Å². The van der Waals surface area contributed by atoms with E-state index in [1.807, 2.05) is 31.2 Å². The van der Waals surface area contributed by atoms with Crippen LogP contribution in [0.4, 0.5) is 0 Å². The molecule has 0 heterocycles. The van der Waals surface area contributed by atoms with E-state index in [-0.39, 0.29) is 5.75 Å². The Kier molecular flexibility index (Phi) is 3.47. The summed E-state index contributed by atoms with van der Waals surface area (Å²) in [7, 11) is -3.01. The summed E-state index contributed by atoms with van der Waals surface area (Å²) in [6.07, 6.45) is 1.62. The molecule has 1 aromatic rings. The van der Waals surface area contributed by atoms with Gasteiger partial charge in [0.05, 0.1) is 5.75 Å². The van der Waals surface area contributed by atoms with E-state index < -0.39 is 9.84 Å². The van der Waals surface area contributed by atoms with Gasteiger partial charge in [-0.25, -0.2) is 8.42 Å². The predicted octanol–water partition coefficient (Wildman–Crippen LogP) is 2.40. The summed E-state index contributed by atoms with van der Waals surface area (Å²) in [5.74, 6) is 0.148. The first-order valence-corrected chi connectivity index (χ1v) is 6.22. The van der Waals surface area contributed by atoms with Gasteiger partial charge in [0.2, 0.25) is 0 Å². The first kappa shape index (κ1) is 11.0. The largest absolute Gasteiger partial charge is 0.224 e. The van der Waals surface area contributed by atoms with Crippen molar-refractivity contribution in [2.45, 2.75) is 13.8 Å². The number of rotatable bonds is 3. The van der Waals surface area contributed by atoms with Crippen LogP contribution in [-0.2, 0) is 9.84 Å². The molecule has 0 radical (unpaired) electrons. The highest BCUT2D eigenvalue weighted by Crippen LogP contribution is 2.06. The van der Waals surface area contributed by atoms with Crippen molar-refractivity contribution in [3.05, 3.63) is 40.8 Å². The van der Waals surface area contributed by atoms with Gasteiger partial charge in [-0.3, -0.25) is 0 Å². The van der Waals surface area contributed by atoms with Crippen LogP contribution < -0.4 is 0 Å². The Balaban J connectivity index is 2.84. The molecular weight excluding hydrogens is 196 g/mol. The molecule has 0 aliphatic carbocycles. The smallest absolute Gasteiger partial charge is 0.171 e. The molecule has 1 aromatic carbocycles. The van der Waals surface area contributed by atoms with Crippen molar-refractivity contribution in [2.75, 3.05) is 5.75 Å². The van der Waals surface area contributed by atoms with Crippen molar-refractivity contribution in [1.29, 1.82) is 0 Å². The second-order valence-corrected chi connectivity index (χ2v) is 5.34. The molecule has 0 aliphatic heterocycles. The van der Waals surface area contributed by atoms with Gasteiger partial charge >= 0.3 is 0 Å². The van der Waals surface area contributed by atoms with Crippen molar-refractivity contribution in [2.24, 2.45) is 0 Å². The zero-order valence-electron chi connectivity index (χ0n) is 8.40. The highest BCUT2D eigenvalue weighted by molar-refractivity contribution is 7.94. The highest BCUT2D eigenvalue weighted by atomic mass is 32.2. The molecule has 3 heteroatoms. The molecule has 0 spiro atoms. The number of benzene rings is 1. The molecule has 14 heavy (non-hydrogen) atoms. The maximum atomic E-state index is 11.2. The predicted molar refractivity (Wildman–Crippen MR) is 59.7 cm³/mol. The van der Waals surface area contributed by atoms with Gasteiger partial charge in [-0.2, -0.15) is 0 Å². The summed E-state index contributed by atoms with van der Waals surface area (Å²) in [5, 5.41) is 1.26. The summed E-state index contributed by atoms with van der Waals surface area (Å²) in [6, 6.07) is 7.71. The average Bonchev–Trinajstić information content (AvgIpc) is 2.17. The van der Waals surface area contributed by atoms with E-state index in [9.17, 15) is 8.42 Å². The van der Waals surface area contributed by atoms with Crippen LogP contribution in [-0.4, -0.2) is 14.2 Å². The van der Waals surface area contributed by atoms with Crippen LogP contribution in [0.25, 0.3) is 6.08 Å². The first-order valence-electron chi connectivity index (χ1n) is 4.51. The van der Waals surface area contributed by atoms with Gasteiger partial charge in [-0.05, 0) is 18.6 Å². The third-order valence-corrected chi connectivity index (χ3v) is 3.30. The zero-order valence-corrected chi connectivity index (χ0v) is 9.21. The Morgan fingerprint density at radius 2 is 1.79 bits per heavy atom. The first-order chi connectivity index (χ1) is 6.53. The van der Waals surface area contributed by atoms with E-state index in [2.05, 4.69) is 0 Å². The molecule has 0 aromatic heterocycles. The molecule has 0 saturated heterocycles. The lowest BCUT2D eigenvalue weighted by Gasteiger charge is -1.95. The quantitative estimate of drug-likeness (QED) is 0.767. The van der Waals surface area contributed by atoms with Crippen LogP contribution in [0.5, 0.6) is 0 Å². The van der Waals surface area contributed by atoms with Crippen LogP contribution >= 0.6 is 0 Å². The van der Waals surface area contributed by atoms with Gasteiger partial charge in [0.15, 0.2) is 9.84 Å². The fourth-order valence-corrected chi connectivity index (χ4v) is 1.51. The third kappa shape index (κ3) is 3.34.